The first-order chi connectivity index (χ1) is 14.2. The molecule has 0 unspecified atom stereocenters. The van der Waals surface area contributed by atoms with Crippen LogP contribution in [0.3, 0.4) is 0 Å². The number of methoxy groups -OCH3 is 1. The first-order valence-electron chi connectivity index (χ1n) is 9.32. The van der Waals surface area contributed by atoms with Crippen LogP contribution < -0.4 is 4.74 Å². The smallest absolute Gasteiger partial charge is 0.381 e. The summed E-state index contributed by atoms with van der Waals surface area (Å²) in [6.45, 7) is 2.90. The van der Waals surface area contributed by atoms with E-state index in [0.717, 1.165) is 0 Å². The van der Waals surface area contributed by atoms with Crippen molar-refractivity contribution in [1.29, 1.82) is 0 Å². The van der Waals surface area contributed by atoms with Crippen LogP contribution in [0, 0.1) is 17.0 Å². The molecule has 11 nitrogen and oxygen atoms in total. The van der Waals surface area contributed by atoms with Crippen molar-refractivity contribution >= 4 is 21.7 Å². The Balaban J connectivity index is 1.55. The van der Waals surface area contributed by atoms with Crippen LogP contribution >= 0.6 is 0 Å². The first-order valence-corrected chi connectivity index (χ1v) is 10.8. The Morgan fingerprint density at radius 3 is 2.37 bits per heavy atom. The SMILES string of the molecule is COc1ccc(S(=O)(=O)N2CCN(C(=O)CCn3cc([N+](=O)[O-])nc3C)CC2)cc1. The fourth-order valence-corrected chi connectivity index (χ4v) is 4.68. The molecule has 3 rings (SSSR count). The van der Waals surface area contributed by atoms with Crippen molar-refractivity contribution in [2.24, 2.45) is 0 Å². The predicted octanol–water partition coefficient (Wildman–Crippen LogP) is 1.03. The van der Waals surface area contributed by atoms with E-state index in [2.05, 4.69) is 4.98 Å². The number of hydrogen-bond donors (Lipinski definition) is 0. The zero-order valence-corrected chi connectivity index (χ0v) is 17.5. The second-order valence-corrected chi connectivity index (χ2v) is 8.75. The maximum absolute atomic E-state index is 12.8. The fraction of sp³-hybridized carbons (Fsp3) is 0.444. The van der Waals surface area contributed by atoms with Gasteiger partial charge in [0.2, 0.25) is 21.8 Å². The number of aryl methyl sites for hydroxylation is 2. The summed E-state index contributed by atoms with van der Waals surface area (Å²) >= 11 is 0. The number of nitro groups is 1. The minimum absolute atomic E-state index is 0.132. The van der Waals surface area contributed by atoms with Crippen LogP contribution in [0.15, 0.2) is 35.4 Å². The predicted molar refractivity (Wildman–Crippen MR) is 107 cm³/mol. The lowest BCUT2D eigenvalue weighted by Gasteiger charge is -2.34. The van der Waals surface area contributed by atoms with Crippen LogP contribution in [0.2, 0.25) is 0 Å². The van der Waals surface area contributed by atoms with E-state index in [-0.39, 0.29) is 55.8 Å². The van der Waals surface area contributed by atoms with Gasteiger partial charge in [-0.25, -0.2) is 8.42 Å². The number of carbonyl (C=O) groups is 1. The van der Waals surface area contributed by atoms with Gasteiger partial charge in [-0.15, -0.1) is 0 Å². The molecule has 1 aromatic carbocycles. The van der Waals surface area contributed by atoms with Gasteiger partial charge in [0.25, 0.3) is 0 Å². The summed E-state index contributed by atoms with van der Waals surface area (Å²) in [5, 5.41) is 10.8. The number of piperazine rings is 1. The van der Waals surface area contributed by atoms with Gasteiger partial charge in [0.1, 0.15) is 11.9 Å². The minimum atomic E-state index is -3.64. The van der Waals surface area contributed by atoms with E-state index in [1.807, 2.05) is 0 Å². The number of aromatic nitrogens is 2. The molecule has 0 spiro atoms. The summed E-state index contributed by atoms with van der Waals surface area (Å²) in [7, 11) is -2.13. The highest BCUT2D eigenvalue weighted by Crippen LogP contribution is 2.21. The van der Waals surface area contributed by atoms with Crippen molar-refractivity contribution in [3.63, 3.8) is 0 Å². The second-order valence-electron chi connectivity index (χ2n) is 6.81. The van der Waals surface area contributed by atoms with Gasteiger partial charge < -0.3 is 24.3 Å². The fourth-order valence-electron chi connectivity index (χ4n) is 3.25. The van der Waals surface area contributed by atoms with Gasteiger partial charge >= 0.3 is 5.82 Å². The summed E-state index contributed by atoms with van der Waals surface area (Å²) < 4.78 is 33.6. The van der Waals surface area contributed by atoms with Crippen LogP contribution in [0.1, 0.15) is 12.2 Å². The lowest BCUT2D eigenvalue weighted by molar-refractivity contribution is -0.389. The Morgan fingerprint density at radius 1 is 1.20 bits per heavy atom. The van der Waals surface area contributed by atoms with Crippen LogP contribution in [0.25, 0.3) is 0 Å². The van der Waals surface area contributed by atoms with E-state index >= 15 is 0 Å². The highest BCUT2D eigenvalue weighted by Gasteiger charge is 2.30. The molecule has 1 aromatic heterocycles. The Bertz CT molecular complexity index is 1030. The third kappa shape index (κ3) is 4.60. The van der Waals surface area contributed by atoms with Crippen molar-refractivity contribution < 1.29 is 22.9 Å². The molecule has 1 saturated heterocycles. The first kappa shape index (κ1) is 21.7. The van der Waals surface area contributed by atoms with E-state index < -0.39 is 14.9 Å². The van der Waals surface area contributed by atoms with Gasteiger partial charge in [-0.3, -0.25) is 4.79 Å². The topological polar surface area (TPSA) is 128 Å². The minimum Gasteiger partial charge on any atom is -0.497 e. The lowest BCUT2D eigenvalue weighted by Crippen LogP contribution is -2.50. The monoisotopic (exact) mass is 437 g/mol. The number of sulfonamides is 1. The molecule has 0 radical (unpaired) electrons. The molecule has 0 saturated carbocycles. The van der Waals surface area contributed by atoms with Crippen LogP contribution in [-0.4, -0.2) is 71.3 Å². The van der Waals surface area contributed by atoms with Gasteiger partial charge in [-0.2, -0.15) is 4.31 Å². The standard InChI is InChI=1S/C18H23N5O6S/c1-14-19-17(23(25)26)13-21(14)8-7-18(24)20-9-11-22(12-10-20)30(27,28)16-5-3-15(29-2)4-6-16/h3-6,13H,7-12H2,1-2H3. The van der Waals surface area contributed by atoms with E-state index in [4.69, 9.17) is 4.74 Å². The van der Waals surface area contributed by atoms with Crippen molar-refractivity contribution in [3.8, 4) is 5.75 Å². The molecule has 2 aromatic rings. The number of imidazole rings is 1. The molecule has 162 valence electrons. The highest BCUT2D eigenvalue weighted by atomic mass is 32.2. The number of hydrogen-bond acceptors (Lipinski definition) is 7. The summed E-state index contributed by atoms with van der Waals surface area (Å²) in [6.07, 6.45) is 1.46. The van der Waals surface area contributed by atoms with Crippen molar-refractivity contribution in [1.82, 2.24) is 18.8 Å². The van der Waals surface area contributed by atoms with Gasteiger partial charge in [-0.1, -0.05) is 0 Å². The van der Waals surface area contributed by atoms with Crippen LogP contribution in [0.5, 0.6) is 5.75 Å². The highest BCUT2D eigenvalue weighted by molar-refractivity contribution is 7.89. The van der Waals surface area contributed by atoms with Crippen LogP contribution in [0.4, 0.5) is 5.82 Å². The Morgan fingerprint density at radius 2 is 1.83 bits per heavy atom. The van der Waals surface area contributed by atoms with Gasteiger partial charge in [0, 0.05) is 46.1 Å². The number of nitrogens with zero attached hydrogens (tertiary/aromatic N) is 5. The van der Waals surface area contributed by atoms with E-state index in [1.54, 1.807) is 28.5 Å². The van der Waals surface area contributed by atoms with E-state index in [1.165, 1.54) is 29.7 Å². The normalized spacial score (nSPS) is 15.2. The van der Waals surface area contributed by atoms with Crippen molar-refractivity contribution in [3.05, 3.63) is 46.4 Å². The average Bonchev–Trinajstić information content (AvgIpc) is 3.13. The number of rotatable bonds is 7. The molecule has 0 aliphatic carbocycles. The Labute approximate surface area is 174 Å². The van der Waals surface area contributed by atoms with E-state index in [9.17, 15) is 23.3 Å². The molecule has 1 fully saturated rings. The molecular formula is C18H23N5O6S. The molecule has 12 heteroatoms. The van der Waals surface area contributed by atoms with Crippen molar-refractivity contribution in [2.75, 3.05) is 33.3 Å². The van der Waals surface area contributed by atoms with Crippen molar-refractivity contribution in [2.45, 2.75) is 24.8 Å². The molecular weight excluding hydrogens is 414 g/mol. The molecule has 1 amide bonds. The maximum atomic E-state index is 12.8. The number of carbonyl (C=O) groups excluding carboxylic acids is 1. The molecule has 1 aliphatic heterocycles. The largest absolute Gasteiger partial charge is 0.497 e. The second kappa shape index (κ2) is 8.79. The maximum Gasteiger partial charge on any atom is 0.381 e. The Hall–Kier alpha value is -2.99. The molecule has 0 atom stereocenters. The summed E-state index contributed by atoms with van der Waals surface area (Å²) in [5.41, 5.74) is 0. The van der Waals surface area contributed by atoms with Gasteiger partial charge in [0.15, 0.2) is 0 Å². The number of amides is 1. The third-order valence-electron chi connectivity index (χ3n) is 5.01. The third-order valence-corrected chi connectivity index (χ3v) is 6.92. The van der Waals surface area contributed by atoms with E-state index in [0.29, 0.717) is 11.6 Å². The molecule has 1 aliphatic rings. The quantitative estimate of drug-likeness (QED) is 0.467. The number of benzene rings is 1. The van der Waals surface area contributed by atoms with Crippen LogP contribution in [-0.2, 0) is 21.4 Å². The summed E-state index contributed by atoms with van der Waals surface area (Å²) in [5.74, 6) is 0.650. The Kier molecular flexibility index (Phi) is 6.37. The molecule has 0 N–H and O–H groups in total. The lowest BCUT2D eigenvalue weighted by atomic mass is 10.3. The zero-order chi connectivity index (χ0) is 21.9. The average molecular weight is 437 g/mol. The summed E-state index contributed by atoms with van der Waals surface area (Å²) in [6, 6.07) is 6.18. The molecule has 0 bridgehead atoms. The summed E-state index contributed by atoms with van der Waals surface area (Å²) in [4.78, 5) is 28.3. The van der Waals surface area contributed by atoms with Gasteiger partial charge in [0.05, 0.1) is 12.0 Å². The van der Waals surface area contributed by atoms with Gasteiger partial charge in [-0.05, 0) is 34.2 Å². The molecule has 30 heavy (non-hydrogen) atoms. The zero-order valence-electron chi connectivity index (χ0n) is 16.7. The number of ether oxygens (including phenoxy) is 1. The molecule has 2 heterocycles.